The summed E-state index contributed by atoms with van der Waals surface area (Å²) in [6.07, 6.45) is 15.6. The van der Waals surface area contributed by atoms with E-state index in [4.69, 9.17) is 19.2 Å². The van der Waals surface area contributed by atoms with Gasteiger partial charge in [-0.1, -0.05) is 61.7 Å². The highest BCUT2D eigenvalue weighted by Gasteiger charge is 2.59. The molecule has 2 heterocycles. The number of carbonyl (C=O) groups excluding carboxylic acids is 2. The number of hydrogen-bond donors (Lipinski definition) is 1. The first-order chi connectivity index (χ1) is 19.7. The van der Waals surface area contributed by atoms with Gasteiger partial charge in [0.15, 0.2) is 0 Å². The Morgan fingerprint density at radius 2 is 1.90 bits per heavy atom. The van der Waals surface area contributed by atoms with E-state index in [2.05, 4.69) is 67.6 Å². The van der Waals surface area contributed by atoms with E-state index >= 15 is 0 Å². The van der Waals surface area contributed by atoms with Gasteiger partial charge in [0, 0.05) is 17.8 Å². The standard InChI is InChI=1S/C33H39N3O5/c1-24(2)30(37)39-22-19-34-31(38)40-21-14-13-20-36-27-17-12-11-16-26(27)32(4,5)33(36)23-35-29-25(3)15-9-7-6-8-10-18-28(29)41-33/h6-7,9-12,15-18,23H,1,3,8,13-14,19-22H2,2,4-5H3,(H,34,38)/b7-6-,15-9-,18-10-. The van der Waals surface area contributed by atoms with Crippen molar-refractivity contribution < 1.29 is 23.8 Å². The summed E-state index contributed by atoms with van der Waals surface area (Å²) in [7, 11) is 0. The van der Waals surface area contributed by atoms with Crippen molar-refractivity contribution in [3.8, 4) is 0 Å². The SMILES string of the molecule is C=C(C)C(=O)OCCNC(=O)OCCCCN1c2ccccc2C(C)(C)C12C=NC1=C(/C=C\C/C=C\C=C/C1=C)O2. The van der Waals surface area contributed by atoms with E-state index in [-0.39, 0.29) is 19.8 Å². The monoisotopic (exact) mass is 557 g/mol. The van der Waals surface area contributed by atoms with Gasteiger partial charge in [0.25, 0.3) is 0 Å². The Labute approximate surface area is 242 Å². The van der Waals surface area contributed by atoms with Gasteiger partial charge in [0.05, 0.1) is 24.8 Å². The average molecular weight is 558 g/mol. The molecule has 4 rings (SSSR count). The van der Waals surface area contributed by atoms with Crippen LogP contribution in [0.25, 0.3) is 0 Å². The van der Waals surface area contributed by atoms with E-state index in [0.29, 0.717) is 24.3 Å². The van der Waals surface area contributed by atoms with Crippen LogP contribution in [-0.2, 0) is 24.4 Å². The molecule has 0 radical (unpaired) electrons. The number of allylic oxidation sites excluding steroid dienone is 6. The molecule has 3 aliphatic rings. The van der Waals surface area contributed by atoms with Crippen molar-refractivity contribution in [1.82, 2.24) is 5.32 Å². The lowest BCUT2D eigenvalue weighted by Crippen LogP contribution is -2.60. The maximum Gasteiger partial charge on any atom is 0.407 e. The van der Waals surface area contributed by atoms with Gasteiger partial charge in [-0.05, 0) is 63.3 Å². The highest BCUT2D eigenvalue weighted by Crippen LogP contribution is 2.53. The normalized spacial score (nSPS) is 22.7. The first-order valence-electron chi connectivity index (χ1n) is 14.0. The second kappa shape index (κ2) is 12.9. The van der Waals surface area contributed by atoms with Gasteiger partial charge in [-0.2, -0.15) is 0 Å². The third-order valence-corrected chi connectivity index (χ3v) is 7.38. The number of para-hydroxylation sites is 1. The summed E-state index contributed by atoms with van der Waals surface area (Å²) in [6, 6.07) is 8.36. The predicted octanol–water partition coefficient (Wildman–Crippen LogP) is 6.05. The first kappa shape index (κ1) is 29.6. The Hall–Kier alpha value is -4.33. The zero-order valence-corrected chi connectivity index (χ0v) is 24.2. The number of benzene rings is 1. The molecule has 0 saturated carbocycles. The second-order valence-corrected chi connectivity index (χ2v) is 10.7. The summed E-state index contributed by atoms with van der Waals surface area (Å²) in [4.78, 5) is 30.6. The molecule has 0 saturated heterocycles. The van der Waals surface area contributed by atoms with Gasteiger partial charge in [-0.15, -0.1) is 0 Å². The van der Waals surface area contributed by atoms with Gasteiger partial charge < -0.3 is 24.4 Å². The lowest BCUT2D eigenvalue weighted by atomic mass is 9.77. The molecule has 1 aromatic rings. The molecule has 8 heteroatoms. The van der Waals surface area contributed by atoms with Crippen LogP contribution in [0.2, 0.25) is 0 Å². The summed E-state index contributed by atoms with van der Waals surface area (Å²) in [5.41, 5.74) is 2.85. The van der Waals surface area contributed by atoms with Gasteiger partial charge in [0.1, 0.15) is 18.1 Å². The molecule has 2 aliphatic heterocycles. The highest BCUT2D eigenvalue weighted by atomic mass is 16.6. The minimum absolute atomic E-state index is 0.0578. The number of nitrogens with one attached hydrogen (secondary N) is 1. The number of rotatable bonds is 9. The molecule has 1 unspecified atom stereocenters. The summed E-state index contributed by atoms with van der Waals surface area (Å²) >= 11 is 0. The van der Waals surface area contributed by atoms with Crippen molar-refractivity contribution in [2.24, 2.45) is 4.99 Å². The summed E-state index contributed by atoms with van der Waals surface area (Å²) < 4.78 is 17.2. The fraction of sp³-hybridized carbons (Fsp3) is 0.364. The first-order valence-corrected chi connectivity index (χ1v) is 14.0. The van der Waals surface area contributed by atoms with Crippen LogP contribution in [0.3, 0.4) is 0 Å². The van der Waals surface area contributed by atoms with Crippen LogP contribution >= 0.6 is 0 Å². The van der Waals surface area contributed by atoms with Crippen molar-refractivity contribution in [1.29, 1.82) is 0 Å². The topological polar surface area (TPSA) is 89.5 Å². The van der Waals surface area contributed by atoms with Crippen molar-refractivity contribution in [2.75, 3.05) is 31.2 Å². The van der Waals surface area contributed by atoms with Crippen LogP contribution in [0.4, 0.5) is 10.5 Å². The third kappa shape index (κ3) is 6.37. The largest absolute Gasteiger partial charge is 0.460 e. The number of ether oxygens (including phenoxy) is 3. The molecule has 1 atom stereocenters. The van der Waals surface area contributed by atoms with E-state index in [1.165, 1.54) is 5.56 Å². The van der Waals surface area contributed by atoms with E-state index in [0.717, 1.165) is 29.8 Å². The summed E-state index contributed by atoms with van der Waals surface area (Å²) in [5, 5.41) is 2.58. The quantitative estimate of drug-likeness (QED) is 0.226. The van der Waals surface area contributed by atoms with Gasteiger partial charge >= 0.3 is 12.1 Å². The lowest BCUT2D eigenvalue weighted by molar-refractivity contribution is -0.138. The molecule has 216 valence electrons. The van der Waals surface area contributed by atoms with Crippen LogP contribution in [0, 0.1) is 0 Å². The van der Waals surface area contributed by atoms with Crippen LogP contribution in [0.15, 0.2) is 101 Å². The maximum atomic E-state index is 12.0. The number of alkyl carbamates (subject to hydrolysis) is 1. The number of fused-ring (bicyclic) bond motifs is 1. The number of carbonyl (C=O) groups is 2. The van der Waals surface area contributed by atoms with Crippen LogP contribution in [0.1, 0.15) is 45.6 Å². The summed E-state index contributed by atoms with van der Waals surface area (Å²) in [6.45, 7) is 14.8. The number of amides is 1. The van der Waals surface area contributed by atoms with Crippen molar-refractivity contribution in [3.63, 3.8) is 0 Å². The van der Waals surface area contributed by atoms with E-state index in [1.807, 2.05) is 36.6 Å². The minimum Gasteiger partial charge on any atom is -0.460 e. The molecule has 0 bridgehead atoms. The van der Waals surface area contributed by atoms with Crippen LogP contribution in [-0.4, -0.2) is 50.3 Å². The predicted molar refractivity (Wildman–Crippen MR) is 162 cm³/mol. The highest BCUT2D eigenvalue weighted by molar-refractivity contribution is 5.87. The number of nitrogens with zero attached hydrogens (tertiary/aromatic N) is 2. The lowest BCUT2D eigenvalue weighted by Gasteiger charge is -2.46. The molecule has 0 aromatic heterocycles. The Morgan fingerprint density at radius 1 is 1.10 bits per heavy atom. The smallest absolute Gasteiger partial charge is 0.407 e. The molecule has 8 nitrogen and oxygen atoms in total. The van der Waals surface area contributed by atoms with E-state index in [1.54, 1.807) is 6.92 Å². The molecular weight excluding hydrogens is 518 g/mol. The molecular formula is C33H39N3O5. The fourth-order valence-corrected chi connectivity index (χ4v) is 5.13. The number of esters is 1. The zero-order valence-electron chi connectivity index (χ0n) is 24.2. The number of aliphatic imine (C=N–C) groups is 1. The van der Waals surface area contributed by atoms with Gasteiger partial charge in [-0.3, -0.25) is 4.99 Å². The molecule has 41 heavy (non-hydrogen) atoms. The van der Waals surface area contributed by atoms with Crippen molar-refractivity contribution in [2.45, 2.75) is 51.2 Å². The maximum absolute atomic E-state index is 12.0. The Kier molecular flexibility index (Phi) is 9.32. The Bertz CT molecular complexity index is 1350. The molecule has 1 aliphatic carbocycles. The average Bonchev–Trinajstić information content (AvgIpc) is 3.12. The fourth-order valence-electron chi connectivity index (χ4n) is 5.13. The van der Waals surface area contributed by atoms with E-state index in [9.17, 15) is 9.59 Å². The molecule has 1 spiro atoms. The van der Waals surface area contributed by atoms with Crippen LogP contribution < -0.4 is 10.2 Å². The number of anilines is 1. The zero-order chi connectivity index (χ0) is 29.5. The molecule has 1 amide bonds. The summed E-state index contributed by atoms with van der Waals surface area (Å²) in [5.74, 6) is 0.205. The van der Waals surface area contributed by atoms with Gasteiger partial charge in [0.2, 0.25) is 5.72 Å². The van der Waals surface area contributed by atoms with E-state index < -0.39 is 23.2 Å². The molecule has 1 aromatic carbocycles. The molecule has 1 N–H and O–H groups in total. The second-order valence-electron chi connectivity index (χ2n) is 10.7. The Morgan fingerprint density at radius 3 is 2.71 bits per heavy atom. The van der Waals surface area contributed by atoms with Crippen molar-refractivity contribution in [3.05, 3.63) is 102 Å². The molecule has 0 fully saturated rings. The van der Waals surface area contributed by atoms with Crippen LogP contribution in [0.5, 0.6) is 0 Å². The van der Waals surface area contributed by atoms with Crippen molar-refractivity contribution >= 4 is 24.0 Å². The Balaban J connectivity index is 1.42. The van der Waals surface area contributed by atoms with Gasteiger partial charge in [-0.25, -0.2) is 9.59 Å². The number of unbranched alkanes of at least 4 members (excludes halogenated alkanes) is 1. The third-order valence-electron chi connectivity index (χ3n) is 7.38. The number of hydrogen-bond acceptors (Lipinski definition) is 7. The minimum atomic E-state index is -0.844.